The molecule has 4 rings (SSSR count). The number of nitrogens with one attached hydrogen (secondary N) is 1. The van der Waals surface area contributed by atoms with Crippen molar-refractivity contribution >= 4 is 29.2 Å². The topological polar surface area (TPSA) is 67.2 Å². The quantitative estimate of drug-likeness (QED) is 0.333. The van der Waals surface area contributed by atoms with Gasteiger partial charge in [0.25, 0.3) is 5.91 Å². The van der Waals surface area contributed by atoms with Crippen LogP contribution >= 0.6 is 11.6 Å². The molecule has 0 unspecified atom stereocenters. The van der Waals surface area contributed by atoms with Crippen molar-refractivity contribution in [2.75, 3.05) is 11.9 Å². The fourth-order valence-corrected chi connectivity index (χ4v) is 3.86. The predicted octanol–water partition coefficient (Wildman–Crippen LogP) is 6.10. The van der Waals surface area contributed by atoms with E-state index in [9.17, 15) is 9.59 Å². The van der Waals surface area contributed by atoms with E-state index in [1.54, 1.807) is 28.9 Å². The Labute approximate surface area is 216 Å². The zero-order valence-electron chi connectivity index (χ0n) is 20.6. The minimum atomic E-state index is -0.314. The maximum Gasteiger partial charge on any atom is 0.254 e. The SMILES string of the molecule is CC(C)(C)c1cc(NC(=O)CN(Cc2ccccc2)C(=O)c2ccc(Cl)cc2)n(-c2ccccc2)n1. The van der Waals surface area contributed by atoms with Gasteiger partial charge in [0.05, 0.1) is 11.4 Å². The molecule has 0 radical (unpaired) electrons. The minimum Gasteiger partial charge on any atom is -0.325 e. The lowest BCUT2D eigenvalue weighted by Crippen LogP contribution is -2.37. The molecule has 184 valence electrons. The molecule has 0 aliphatic rings. The molecule has 1 aromatic heterocycles. The van der Waals surface area contributed by atoms with E-state index in [-0.39, 0.29) is 23.8 Å². The van der Waals surface area contributed by atoms with Crippen molar-refractivity contribution in [1.29, 1.82) is 0 Å². The number of aromatic nitrogens is 2. The number of anilines is 1. The molecule has 36 heavy (non-hydrogen) atoms. The number of nitrogens with zero attached hydrogens (tertiary/aromatic N) is 3. The second-order valence-electron chi connectivity index (χ2n) is 9.61. The number of halogens is 1. The molecule has 7 heteroatoms. The van der Waals surface area contributed by atoms with Gasteiger partial charge in [0, 0.05) is 28.6 Å². The monoisotopic (exact) mass is 500 g/mol. The number of hydrogen-bond acceptors (Lipinski definition) is 3. The molecule has 0 aliphatic heterocycles. The molecule has 2 amide bonds. The van der Waals surface area contributed by atoms with Crippen molar-refractivity contribution in [3.05, 3.63) is 113 Å². The number of carbonyl (C=O) groups is 2. The first-order chi connectivity index (χ1) is 17.2. The number of hydrogen-bond donors (Lipinski definition) is 1. The van der Waals surface area contributed by atoms with Crippen LogP contribution in [0.4, 0.5) is 5.82 Å². The number of rotatable bonds is 7. The van der Waals surface area contributed by atoms with Crippen LogP contribution in [-0.4, -0.2) is 33.0 Å². The molecule has 3 aromatic carbocycles. The Bertz CT molecular complexity index is 1330. The van der Waals surface area contributed by atoms with Crippen LogP contribution in [-0.2, 0) is 16.8 Å². The van der Waals surface area contributed by atoms with E-state index < -0.39 is 0 Å². The van der Waals surface area contributed by atoms with Crippen LogP contribution in [0, 0.1) is 0 Å². The number of para-hydroxylation sites is 1. The molecular formula is C29H29ClN4O2. The first-order valence-corrected chi connectivity index (χ1v) is 12.1. The average Bonchev–Trinajstić information content (AvgIpc) is 3.29. The predicted molar refractivity (Wildman–Crippen MR) is 144 cm³/mol. The third-order valence-electron chi connectivity index (χ3n) is 5.68. The molecule has 0 saturated heterocycles. The van der Waals surface area contributed by atoms with Gasteiger partial charge in [-0.05, 0) is 42.0 Å². The first kappa shape index (κ1) is 25.2. The highest BCUT2D eigenvalue weighted by Crippen LogP contribution is 2.26. The Morgan fingerprint density at radius 3 is 2.14 bits per heavy atom. The third-order valence-corrected chi connectivity index (χ3v) is 5.93. The summed E-state index contributed by atoms with van der Waals surface area (Å²) >= 11 is 6.00. The number of amides is 2. The summed E-state index contributed by atoms with van der Waals surface area (Å²) in [4.78, 5) is 28.2. The van der Waals surface area contributed by atoms with Gasteiger partial charge in [-0.25, -0.2) is 4.68 Å². The van der Waals surface area contributed by atoms with Crippen LogP contribution in [0.2, 0.25) is 5.02 Å². The number of benzene rings is 3. The highest BCUT2D eigenvalue weighted by molar-refractivity contribution is 6.30. The summed E-state index contributed by atoms with van der Waals surface area (Å²) in [5.41, 5.74) is 2.87. The van der Waals surface area contributed by atoms with Gasteiger partial charge >= 0.3 is 0 Å². The summed E-state index contributed by atoms with van der Waals surface area (Å²) < 4.78 is 1.72. The van der Waals surface area contributed by atoms with Gasteiger partial charge in [0.15, 0.2) is 0 Å². The van der Waals surface area contributed by atoms with Crippen LogP contribution in [0.25, 0.3) is 5.69 Å². The molecule has 1 heterocycles. The zero-order valence-corrected chi connectivity index (χ0v) is 21.4. The van der Waals surface area contributed by atoms with E-state index in [0.717, 1.165) is 16.9 Å². The van der Waals surface area contributed by atoms with Gasteiger partial charge < -0.3 is 10.2 Å². The largest absolute Gasteiger partial charge is 0.325 e. The molecule has 1 N–H and O–H groups in total. The van der Waals surface area contributed by atoms with Crippen molar-refractivity contribution in [2.24, 2.45) is 0 Å². The first-order valence-electron chi connectivity index (χ1n) is 11.8. The van der Waals surface area contributed by atoms with Gasteiger partial charge in [0.1, 0.15) is 12.4 Å². The molecule has 0 saturated carbocycles. The maximum atomic E-state index is 13.4. The Morgan fingerprint density at radius 2 is 1.53 bits per heavy atom. The van der Waals surface area contributed by atoms with Crippen LogP contribution in [0.5, 0.6) is 0 Å². The molecule has 0 fully saturated rings. The fourth-order valence-electron chi connectivity index (χ4n) is 3.74. The lowest BCUT2D eigenvalue weighted by atomic mass is 9.92. The van der Waals surface area contributed by atoms with Crippen LogP contribution in [0.3, 0.4) is 0 Å². The van der Waals surface area contributed by atoms with Gasteiger partial charge in [-0.3, -0.25) is 9.59 Å². The van der Waals surface area contributed by atoms with E-state index in [2.05, 4.69) is 26.1 Å². The van der Waals surface area contributed by atoms with E-state index in [4.69, 9.17) is 16.7 Å². The molecule has 6 nitrogen and oxygen atoms in total. The Morgan fingerprint density at radius 1 is 0.917 bits per heavy atom. The second-order valence-corrected chi connectivity index (χ2v) is 10.1. The molecule has 0 bridgehead atoms. The van der Waals surface area contributed by atoms with E-state index in [1.165, 1.54) is 4.90 Å². The number of carbonyl (C=O) groups excluding carboxylic acids is 2. The highest BCUT2D eigenvalue weighted by atomic mass is 35.5. The van der Waals surface area contributed by atoms with Crippen molar-refractivity contribution in [3.8, 4) is 5.69 Å². The van der Waals surface area contributed by atoms with Crippen molar-refractivity contribution in [3.63, 3.8) is 0 Å². The summed E-state index contributed by atoms with van der Waals surface area (Å²) in [6, 6.07) is 27.8. The lowest BCUT2D eigenvalue weighted by Gasteiger charge is -2.23. The molecule has 0 aliphatic carbocycles. The summed E-state index contributed by atoms with van der Waals surface area (Å²) in [7, 11) is 0. The Kier molecular flexibility index (Phi) is 7.55. The van der Waals surface area contributed by atoms with Gasteiger partial charge in [0.2, 0.25) is 5.91 Å². The average molecular weight is 501 g/mol. The second kappa shape index (κ2) is 10.8. The van der Waals surface area contributed by atoms with Gasteiger partial charge in [-0.2, -0.15) is 5.10 Å². The molecule has 4 aromatic rings. The van der Waals surface area contributed by atoms with E-state index >= 15 is 0 Å². The van der Waals surface area contributed by atoms with E-state index in [1.807, 2.05) is 66.7 Å². The van der Waals surface area contributed by atoms with Crippen LogP contribution < -0.4 is 5.32 Å². The third kappa shape index (κ3) is 6.20. The minimum absolute atomic E-state index is 0.124. The summed E-state index contributed by atoms with van der Waals surface area (Å²) in [6.45, 7) is 6.38. The fraction of sp³-hybridized carbons (Fsp3) is 0.207. The van der Waals surface area contributed by atoms with E-state index in [0.29, 0.717) is 22.9 Å². The smallest absolute Gasteiger partial charge is 0.254 e. The lowest BCUT2D eigenvalue weighted by molar-refractivity contribution is -0.117. The molecular weight excluding hydrogens is 472 g/mol. The standard InChI is InChI=1S/C29H29ClN4O2/c1-29(2,3)25-18-26(34(32-25)24-12-8-5-9-13-24)31-27(35)20-33(19-21-10-6-4-7-11-21)28(36)22-14-16-23(30)17-15-22/h4-18H,19-20H2,1-3H3,(H,31,35). The normalized spacial score (nSPS) is 11.2. The molecule has 0 spiro atoms. The zero-order chi connectivity index (χ0) is 25.7. The summed E-state index contributed by atoms with van der Waals surface area (Å²) in [5, 5.41) is 8.28. The van der Waals surface area contributed by atoms with Crippen LogP contribution in [0.15, 0.2) is 91.0 Å². The van der Waals surface area contributed by atoms with Crippen LogP contribution in [0.1, 0.15) is 42.4 Å². The van der Waals surface area contributed by atoms with Crippen molar-refractivity contribution in [2.45, 2.75) is 32.7 Å². The Hall–Kier alpha value is -3.90. The Balaban J connectivity index is 1.60. The maximum absolute atomic E-state index is 13.4. The van der Waals surface area contributed by atoms with Crippen molar-refractivity contribution < 1.29 is 9.59 Å². The molecule has 0 atom stereocenters. The van der Waals surface area contributed by atoms with Gasteiger partial charge in [-0.15, -0.1) is 0 Å². The summed E-state index contributed by atoms with van der Waals surface area (Å²) in [6.07, 6.45) is 0. The van der Waals surface area contributed by atoms with Crippen molar-refractivity contribution in [1.82, 2.24) is 14.7 Å². The van der Waals surface area contributed by atoms with Gasteiger partial charge in [-0.1, -0.05) is 80.9 Å². The highest BCUT2D eigenvalue weighted by Gasteiger charge is 2.24. The summed E-state index contributed by atoms with van der Waals surface area (Å²) in [5.74, 6) is -0.0156.